The Balaban J connectivity index is 1.40. The van der Waals surface area contributed by atoms with Gasteiger partial charge in [-0.2, -0.15) is 0 Å². The highest BCUT2D eigenvalue weighted by Gasteiger charge is 2.27. The monoisotopic (exact) mass is 428 g/mol. The molecule has 3 aromatic carbocycles. The summed E-state index contributed by atoms with van der Waals surface area (Å²) in [4.78, 5) is 39.0. The Hall–Kier alpha value is -4.13. The Morgan fingerprint density at radius 3 is 2.25 bits per heavy atom. The molecule has 7 nitrogen and oxygen atoms in total. The van der Waals surface area contributed by atoms with Crippen molar-refractivity contribution in [3.8, 4) is 0 Å². The minimum Gasteiger partial charge on any atom is -0.330 e. The summed E-state index contributed by atoms with van der Waals surface area (Å²) >= 11 is 0. The van der Waals surface area contributed by atoms with Crippen LogP contribution in [0.3, 0.4) is 0 Å². The molecule has 0 aromatic heterocycles. The SMILES string of the molecule is Cc1ccc(NC(=O)Nc2cccc3c2CCN(C(=O)C(=O)Nc2ccccc2)C3)cc1. The first kappa shape index (κ1) is 21.1. The van der Waals surface area contributed by atoms with E-state index in [-0.39, 0.29) is 6.03 Å². The second kappa shape index (κ2) is 9.34. The molecule has 1 aliphatic heterocycles. The van der Waals surface area contributed by atoms with Gasteiger partial charge in [0, 0.05) is 30.2 Å². The summed E-state index contributed by atoms with van der Waals surface area (Å²) in [7, 11) is 0. The zero-order valence-electron chi connectivity index (χ0n) is 17.7. The molecule has 0 atom stereocenters. The summed E-state index contributed by atoms with van der Waals surface area (Å²) < 4.78 is 0. The molecule has 7 heteroatoms. The molecule has 0 saturated heterocycles. The summed E-state index contributed by atoms with van der Waals surface area (Å²) in [6, 6.07) is 21.7. The van der Waals surface area contributed by atoms with Crippen molar-refractivity contribution in [2.45, 2.75) is 19.9 Å². The molecule has 162 valence electrons. The molecule has 4 amide bonds. The topological polar surface area (TPSA) is 90.5 Å². The van der Waals surface area contributed by atoms with E-state index in [0.29, 0.717) is 36.6 Å². The number of fused-ring (bicyclic) bond motifs is 1. The van der Waals surface area contributed by atoms with Crippen LogP contribution in [0, 0.1) is 6.92 Å². The number of benzene rings is 3. The normalized spacial score (nSPS) is 12.5. The minimum atomic E-state index is -0.661. The van der Waals surface area contributed by atoms with E-state index in [9.17, 15) is 14.4 Å². The van der Waals surface area contributed by atoms with E-state index >= 15 is 0 Å². The number of para-hydroxylation sites is 1. The Morgan fingerprint density at radius 1 is 0.781 bits per heavy atom. The van der Waals surface area contributed by atoms with Gasteiger partial charge in [-0.25, -0.2) is 4.79 Å². The lowest BCUT2D eigenvalue weighted by atomic mass is 9.97. The average Bonchev–Trinajstić information content (AvgIpc) is 2.80. The maximum atomic E-state index is 12.6. The first-order chi connectivity index (χ1) is 15.5. The Kier molecular flexibility index (Phi) is 6.17. The van der Waals surface area contributed by atoms with Crippen molar-refractivity contribution in [3.05, 3.63) is 89.5 Å². The second-order valence-electron chi connectivity index (χ2n) is 7.69. The lowest BCUT2D eigenvalue weighted by molar-refractivity contribution is -0.143. The van der Waals surface area contributed by atoms with Gasteiger partial charge in [-0.1, -0.05) is 48.0 Å². The Bertz CT molecular complexity index is 1140. The molecular formula is C25H24N4O3. The van der Waals surface area contributed by atoms with Crippen LogP contribution in [0.1, 0.15) is 16.7 Å². The Morgan fingerprint density at radius 2 is 1.50 bits per heavy atom. The second-order valence-corrected chi connectivity index (χ2v) is 7.69. The molecular weight excluding hydrogens is 404 g/mol. The zero-order valence-corrected chi connectivity index (χ0v) is 17.7. The first-order valence-corrected chi connectivity index (χ1v) is 10.4. The number of hydrogen-bond donors (Lipinski definition) is 3. The molecule has 3 N–H and O–H groups in total. The van der Waals surface area contributed by atoms with Gasteiger partial charge in [0.2, 0.25) is 0 Å². The highest BCUT2D eigenvalue weighted by molar-refractivity contribution is 6.39. The van der Waals surface area contributed by atoms with E-state index in [1.165, 1.54) is 4.90 Å². The predicted octanol–water partition coefficient (Wildman–Crippen LogP) is 4.16. The summed E-state index contributed by atoms with van der Waals surface area (Å²) in [5, 5.41) is 8.35. The summed E-state index contributed by atoms with van der Waals surface area (Å²) in [5.74, 6) is -1.23. The zero-order chi connectivity index (χ0) is 22.5. The van der Waals surface area contributed by atoms with Gasteiger partial charge < -0.3 is 20.9 Å². The fourth-order valence-corrected chi connectivity index (χ4v) is 3.67. The predicted molar refractivity (Wildman–Crippen MR) is 124 cm³/mol. The van der Waals surface area contributed by atoms with Crippen molar-refractivity contribution in [3.63, 3.8) is 0 Å². The van der Waals surface area contributed by atoms with Crippen LogP contribution in [-0.4, -0.2) is 29.3 Å². The van der Waals surface area contributed by atoms with Gasteiger partial charge in [0.25, 0.3) is 0 Å². The molecule has 1 heterocycles. The molecule has 3 aromatic rings. The van der Waals surface area contributed by atoms with Crippen molar-refractivity contribution in [1.82, 2.24) is 4.90 Å². The summed E-state index contributed by atoms with van der Waals surface area (Å²) in [6.07, 6.45) is 0.542. The lowest BCUT2D eigenvalue weighted by Crippen LogP contribution is -2.42. The number of carbonyl (C=O) groups excluding carboxylic acids is 3. The van der Waals surface area contributed by atoms with Gasteiger partial charge in [-0.3, -0.25) is 9.59 Å². The molecule has 0 fully saturated rings. The number of anilines is 3. The molecule has 0 spiro atoms. The fourth-order valence-electron chi connectivity index (χ4n) is 3.67. The number of rotatable bonds is 3. The highest BCUT2D eigenvalue weighted by Crippen LogP contribution is 2.26. The molecule has 0 bridgehead atoms. The number of hydrogen-bond acceptors (Lipinski definition) is 3. The van der Waals surface area contributed by atoms with Crippen molar-refractivity contribution < 1.29 is 14.4 Å². The van der Waals surface area contributed by atoms with Gasteiger partial charge in [0.15, 0.2) is 0 Å². The van der Waals surface area contributed by atoms with Crippen molar-refractivity contribution in [2.24, 2.45) is 0 Å². The van der Waals surface area contributed by atoms with Crippen LogP contribution >= 0.6 is 0 Å². The van der Waals surface area contributed by atoms with Crippen LogP contribution in [0.5, 0.6) is 0 Å². The number of carbonyl (C=O) groups is 3. The molecule has 0 radical (unpaired) electrons. The standard InChI is InChI=1S/C25H24N4O3/c1-17-10-12-20(13-11-17)27-25(32)28-22-9-5-6-18-16-29(15-14-21(18)22)24(31)23(30)26-19-7-3-2-4-8-19/h2-13H,14-16H2,1H3,(H,26,30)(H2,27,28,32). The van der Waals surface area contributed by atoms with Crippen molar-refractivity contribution in [2.75, 3.05) is 22.5 Å². The van der Waals surface area contributed by atoms with Crippen LogP contribution in [-0.2, 0) is 22.6 Å². The van der Waals surface area contributed by atoms with Crippen molar-refractivity contribution in [1.29, 1.82) is 0 Å². The largest absolute Gasteiger partial charge is 0.330 e. The Labute approximate surface area is 186 Å². The highest BCUT2D eigenvalue weighted by atomic mass is 16.2. The maximum Gasteiger partial charge on any atom is 0.323 e. The molecule has 0 aliphatic carbocycles. The number of urea groups is 1. The number of aryl methyl sites for hydroxylation is 1. The fraction of sp³-hybridized carbons (Fsp3) is 0.160. The van der Waals surface area contributed by atoms with Gasteiger partial charge in [0.1, 0.15) is 0 Å². The van der Waals surface area contributed by atoms with E-state index in [1.54, 1.807) is 24.3 Å². The van der Waals surface area contributed by atoms with E-state index in [4.69, 9.17) is 0 Å². The van der Waals surface area contributed by atoms with E-state index < -0.39 is 11.8 Å². The van der Waals surface area contributed by atoms with Crippen molar-refractivity contribution >= 4 is 34.9 Å². The first-order valence-electron chi connectivity index (χ1n) is 10.4. The number of nitrogens with one attached hydrogen (secondary N) is 3. The molecule has 32 heavy (non-hydrogen) atoms. The molecule has 4 rings (SSSR count). The third kappa shape index (κ3) is 4.95. The quantitative estimate of drug-likeness (QED) is 0.547. The summed E-state index contributed by atoms with van der Waals surface area (Å²) in [5.41, 5.74) is 4.98. The maximum absolute atomic E-state index is 12.6. The molecule has 0 unspecified atom stereocenters. The number of nitrogens with zero attached hydrogens (tertiary/aromatic N) is 1. The van der Waals surface area contributed by atoms with Gasteiger partial charge in [-0.05, 0) is 54.8 Å². The van der Waals surface area contributed by atoms with Crippen LogP contribution in [0.4, 0.5) is 21.9 Å². The van der Waals surface area contributed by atoms with Gasteiger partial charge >= 0.3 is 17.8 Å². The molecule has 1 aliphatic rings. The van der Waals surface area contributed by atoms with E-state index in [1.807, 2.05) is 55.5 Å². The average molecular weight is 428 g/mol. The summed E-state index contributed by atoms with van der Waals surface area (Å²) in [6.45, 7) is 2.69. The lowest BCUT2D eigenvalue weighted by Gasteiger charge is -2.29. The molecule has 0 saturated carbocycles. The smallest absolute Gasteiger partial charge is 0.323 e. The van der Waals surface area contributed by atoms with Crippen LogP contribution in [0.25, 0.3) is 0 Å². The van der Waals surface area contributed by atoms with E-state index in [2.05, 4.69) is 16.0 Å². The van der Waals surface area contributed by atoms with Gasteiger partial charge in [0.05, 0.1) is 0 Å². The van der Waals surface area contributed by atoms with Gasteiger partial charge in [-0.15, -0.1) is 0 Å². The van der Waals surface area contributed by atoms with E-state index in [0.717, 1.165) is 16.7 Å². The third-order valence-corrected chi connectivity index (χ3v) is 5.34. The van der Waals surface area contributed by atoms with Crippen LogP contribution < -0.4 is 16.0 Å². The number of amides is 4. The minimum absolute atomic E-state index is 0.311. The third-order valence-electron chi connectivity index (χ3n) is 5.34. The van der Waals surface area contributed by atoms with Crippen LogP contribution in [0.15, 0.2) is 72.8 Å². The van der Waals surface area contributed by atoms with Crippen LogP contribution in [0.2, 0.25) is 0 Å².